The molecular weight excluding hydrogens is 404 g/mol. The third-order valence-corrected chi connectivity index (χ3v) is 9.29. The van der Waals surface area contributed by atoms with E-state index >= 15 is 0 Å². The zero-order valence-electron chi connectivity index (χ0n) is 17.9. The summed E-state index contributed by atoms with van der Waals surface area (Å²) in [6.45, 7) is 2.05. The van der Waals surface area contributed by atoms with Gasteiger partial charge in [0, 0.05) is 35.5 Å². The Morgan fingerprint density at radius 1 is 1.00 bits per heavy atom. The van der Waals surface area contributed by atoms with E-state index in [-0.39, 0.29) is 17.2 Å². The highest BCUT2D eigenvalue weighted by atomic mass is 32.1. The van der Waals surface area contributed by atoms with Gasteiger partial charge in [0.25, 0.3) is 5.91 Å². The molecule has 0 atom stereocenters. The van der Waals surface area contributed by atoms with E-state index in [0.717, 1.165) is 61.1 Å². The Morgan fingerprint density at radius 3 is 2.35 bits per heavy atom. The van der Waals surface area contributed by atoms with Crippen molar-refractivity contribution in [1.82, 2.24) is 10.2 Å². The number of benzene rings is 1. The molecule has 5 aliphatic rings. The zero-order valence-corrected chi connectivity index (χ0v) is 18.8. The Labute approximate surface area is 188 Å². The Bertz CT molecular complexity index is 973. The lowest BCUT2D eigenvalue weighted by atomic mass is 9.49. The van der Waals surface area contributed by atoms with Crippen LogP contribution in [-0.2, 0) is 24.3 Å². The summed E-state index contributed by atoms with van der Waals surface area (Å²) in [5.41, 5.74) is 2.98. The zero-order chi connectivity index (χ0) is 21.0. The molecule has 0 radical (unpaired) electrons. The molecule has 4 nitrogen and oxygen atoms in total. The molecule has 4 bridgehead atoms. The second kappa shape index (κ2) is 7.47. The van der Waals surface area contributed by atoms with Crippen LogP contribution >= 0.6 is 11.3 Å². The molecule has 1 N–H and O–H groups in total. The first-order valence-corrected chi connectivity index (χ1v) is 12.7. The number of carbonyl (C=O) groups excluding carboxylic acids is 2. The number of thiophene rings is 1. The molecule has 1 aromatic carbocycles. The molecule has 1 aromatic heterocycles. The van der Waals surface area contributed by atoms with Crippen LogP contribution in [0.2, 0.25) is 0 Å². The minimum atomic E-state index is -0.0978. The molecule has 1 aliphatic heterocycles. The fourth-order valence-corrected chi connectivity index (χ4v) is 8.02. The summed E-state index contributed by atoms with van der Waals surface area (Å²) in [6.07, 6.45) is 8.30. The van der Waals surface area contributed by atoms with Crippen molar-refractivity contribution in [2.24, 2.45) is 23.2 Å². The number of nitrogens with one attached hydrogen (secondary N) is 1. The van der Waals surface area contributed by atoms with E-state index in [4.69, 9.17) is 0 Å². The first kappa shape index (κ1) is 19.5. The van der Waals surface area contributed by atoms with E-state index < -0.39 is 0 Å². The molecule has 4 saturated carbocycles. The van der Waals surface area contributed by atoms with Gasteiger partial charge in [-0.1, -0.05) is 12.1 Å². The molecule has 7 rings (SSSR count). The summed E-state index contributed by atoms with van der Waals surface area (Å²) >= 11 is 1.79. The van der Waals surface area contributed by atoms with Gasteiger partial charge in [0.2, 0.25) is 5.91 Å². The summed E-state index contributed by atoms with van der Waals surface area (Å²) in [4.78, 5) is 29.4. The van der Waals surface area contributed by atoms with Crippen molar-refractivity contribution < 1.29 is 9.59 Å². The fraction of sp³-hybridized carbons (Fsp3) is 0.538. The molecule has 4 aliphatic carbocycles. The number of nitrogens with zero attached hydrogens (tertiary/aromatic N) is 1. The van der Waals surface area contributed by atoms with E-state index in [2.05, 4.69) is 16.8 Å². The molecule has 5 heteroatoms. The minimum absolute atomic E-state index is 0.0978. The summed E-state index contributed by atoms with van der Waals surface area (Å²) in [6, 6.07) is 9.95. The monoisotopic (exact) mass is 434 g/mol. The molecule has 0 unspecified atom stereocenters. The SMILES string of the molecule is O=C(c1ccc(CNC(=O)C23CC4CC(CC(C4)C2)C3)cc1)N1CCc2sccc2C1. The molecule has 2 aromatic rings. The summed E-state index contributed by atoms with van der Waals surface area (Å²) in [5.74, 6) is 2.71. The van der Waals surface area contributed by atoms with Gasteiger partial charge in [0.15, 0.2) is 0 Å². The Hall–Kier alpha value is -2.14. The van der Waals surface area contributed by atoms with Crippen LogP contribution in [0.1, 0.15) is 64.9 Å². The van der Waals surface area contributed by atoms with Crippen LogP contribution in [-0.4, -0.2) is 23.3 Å². The van der Waals surface area contributed by atoms with Crippen LogP contribution in [0.4, 0.5) is 0 Å². The molecule has 4 fully saturated rings. The highest BCUT2D eigenvalue weighted by molar-refractivity contribution is 7.10. The average molecular weight is 435 g/mol. The lowest BCUT2D eigenvalue weighted by Gasteiger charge is -2.55. The molecule has 2 amide bonds. The summed E-state index contributed by atoms with van der Waals surface area (Å²) in [7, 11) is 0. The van der Waals surface area contributed by atoms with Crippen molar-refractivity contribution in [3.05, 3.63) is 57.3 Å². The predicted molar refractivity (Wildman–Crippen MR) is 122 cm³/mol. The minimum Gasteiger partial charge on any atom is -0.352 e. The smallest absolute Gasteiger partial charge is 0.254 e. The van der Waals surface area contributed by atoms with Crippen LogP contribution in [0, 0.1) is 23.2 Å². The van der Waals surface area contributed by atoms with Gasteiger partial charge in [0.05, 0.1) is 0 Å². The van der Waals surface area contributed by atoms with Crippen molar-refractivity contribution in [3.63, 3.8) is 0 Å². The number of fused-ring (bicyclic) bond motifs is 1. The van der Waals surface area contributed by atoms with Gasteiger partial charge < -0.3 is 10.2 Å². The van der Waals surface area contributed by atoms with Gasteiger partial charge in [-0.3, -0.25) is 9.59 Å². The quantitative estimate of drug-likeness (QED) is 0.753. The van der Waals surface area contributed by atoms with E-state index in [0.29, 0.717) is 13.1 Å². The van der Waals surface area contributed by atoms with Gasteiger partial charge in [-0.25, -0.2) is 0 Å². The van der Waals surface area contributed by atoms with Crippen LogP contribution in [0.25, 0.3) is 0 Å². The summed E-state index contributed by atoms with van der Waals surface area (Å²) < 4.78 is 0. The molecule has 0 spiro atoms. The molecular formula is C26H30N2O2S. The van der Waals surface area contributed by atoms with E-state index in [1.165, 1.54) is 29.7 Å². The lowest BCUT2D eigenvalue weighted by molar-refractivity contribution is -0.146. The lowest BCUT2D eigenvalue weighted by Crippen LogP contribution is -2.53. The molecule has 31 heavy (non-hydrogen) atoms. The first-order valence-electron chi connectivity index (χ1n) is 11.8. The fourth-order valence-electron chi connectivity index (χ4n) is 7.13. The highest BCUT2D eigenvalue weighted by Gasteiger charge is 2.54. The van der Waals surface area contributed by atoms with Gasteiger partial charge in [0.1, 0.15) is 0 Å². The number of rotatable bonds is 4. The number of amides is 2. The van der Waals surface area contributed by atoms with Crippen molar-refractivity contribution >= 4 is 23.2 Å². The van der Waals surface area contributed by atoms with E-state index in [1.807, 2.05) is 29.2 Å². The van der Waals surface area contributed by atoms with Gasteiger partial charge in [-0.2, -0.15) is 0 Å². The maximum Gasteiger partial charge on any atom is 0.254 e. The van der Waals surface area contributed by atoms with Crippen LogP contribution in [0.3, 0.4) is 0 Å². The third-order valence-electron chi connectivity index (χ3n) is 8.27. The van der Waals surface area contributed by atoms with Gasteiger partial charge in [-0.15, -0.1) is 11.3 Å². The maximum atomic E-state index is 13.2. The first-order chi connectivity index (χ1) is 15.1. The maximum absolute atomic E-state index is 13.2. The van der Waals surface area contributed by atoms with E-state index in [9.17, 15) is 9.59 Å². The van der Waals surface area contributed by atoms with Crippen LogP contribution in [0.5, 0.6) is 0 Å². The van der Waals surface area contributed by atoms with Crippen molar-refractivity contribution in [2.45, 2.75) is 58.0 Å². The molecule has 2 heterocycles. The second-order valence-electron chi connectivity index (χ2n) is 10.4. The van der Waals surface area contributed by atoms with Crippen LogP contribution in [0.15, 0.2) is 35.7 Å². The normalized spacial score (nSPS) is 30.8. The molecule has 162 valence electrons. The Kier molecular flexibility index (Phi) is 4.71. The highest BCUT2D eigenvalue weighted by Crippen LogP contribution is 2.60. The van der Waals surface area contributed by atoms with Gasteiger partial charge >= 0.3 is 0 Å². The topological polar surface area (TPSA) is 49.4 Å². The largest absolute Gasteiger partial charge is 0.352 e. The number of hydrogen-bond donors (Lipinski definition) is 1. The second-order valence-corrected chi connectivity index (χ2v) is 11.4. The summed E-state index contributed by atoms with van der Waals surface area (Å²) in [5, 5.41) is 5.36. The van der Waals surface area contributed by atoms with Gasteiger partial charge in [-0.05, 0) is 97.4 Å². The number of carbonyl (C=O) groups is 2. The predicted octanol–water partition coefficient (Wildman–Crippen LogP) is 4.78. The standard InChI is InChI=1S/C26H30N2O2S/c29-24(28-7-5-23-22(16-28)6-8-31-23)21-3-1-17(2-4-21)15-27-25(30)26-12-18-9-19(13-26)11-20(10-18)14-26/h1-4,6,8,18-20H,5,7,9-16H2,(H,27,30). The number of hydrogen-bond acceptors (Lipinski definition) is 3. The van der Waals surface area contributed by atoms with Crippen molar-refractivity contribution in [1.29, 1.82) is 0 Å². The van der Waals surface area contributed by atoms with Crippen LogP contribution < -0.4 is 5.32 Å². The third kappa shape index (κ3) is 3.51. The Balaban J connectivity index is 1.07. The Morgan fingerprint density at radius 2 is 1.68 bits per heavy atom. The van der Waals surface area contributed by atoms with E-state index in [1.54, 1.807) is 11.3 Å². The average Bonchev–Trinajstić information content (AvgIpc) is 3.24. The van der Waals surface area contributed by atoms with Crippen molar-refractivity contribution in [2.75, 3.05) is 6.54 Å². The molecule has 0 saturated heterocycles. The van der Waals surface area contributed by atoms with Crippen molar-refractivity contribution in [3.8, 4) is 0 Å².